The first-order valence-electron chi connectivity index (χ1n) is 12.8. The number of benzene rings is 2. The molecule has 216 valence electrons. The highest BCUT2D eigenvalue weighted by atomic mass is 79.9. The van der Waals surface area contributed by atoms with E-state index in [0.29, 0.717) is 17.1 Å². The van der Waals surface area contributed by atoms with Gasteiger partial charge in [0, 0.05) is 62.7 Å². The number of imidazole rings is 1. The normalized spacial score (nSPS) is 14.4. The van der Waals surface area contributed by atoms with Crippen molar-refractivity contribution < 1.29 is 9.84 Å². The fourth-order valence-electron chi connectivity index (χ4n) is 4.92. The van der Waals surface area contributed by atoms with Crippen LogP contribution in [-0.4, -0.2) is 77.9 Å². The molecule has 1 saturated heterocycles. The molecular formula is C28H35BrCl2N6O3. The summed E-state index contributed by atoms with van der Waals surface area (Å²) >= 11 is 3.44. The molecule has 0 aliphatic carbocycles. The lowest BCUT2D eigenvalue weighted by Crippen LogP contribution is -2.47. The summed E-state index contributed by atoms with van der Waals surface area (Å²) in [5.41, 5.74) is 5.47. The number of ether oxygens (including phenoxy) is 1. The zero-order chi connectivity index (χ0) is 26.6. The van der Waals surface area contributed by atoms with Gasteiger partial charge in [-0.2, -0.15) is 0 Å². The average Bonchev–Trinajstić information content (AvgIpc) is 3.35. The number of aliphatic hydroxyl groups is 1. The molecule has 0 amide bonds. The highest BCUT2D eigenvalue weighted by Crippen LogP contribution is 2.30. The third-order valence-electron chi connectivity index (χ3n) is 7.03. The second-order valence-corrected chi connectivity index (χ2v) is 10.5. The van der Waals surface area contributed by atoms with Gasteiger partial charge in [0.25, 0.3) is 5.56 Å². The second-order valence-electron chi connectivity index (χ2n) is 9.61. The number of H-pyrrole nitrogens is 2. The van der Waals surface area contributed by atoms with E-state index in [4.69, 9.17) is 9.72 Å². The van der Waals surface area contributed by atoms with Gasteiger partial charge in [-0.05, 0) is 48.4 Å². The van der Waals surface area contributed by atoms with Gasteiger partial charge in [-0.15, -0.1) is 24.8 Å². The third kappa shape index (κ3) is 7.18. The standard InChI is InChI=1S/C28H33BrN6O3.2ClH/c1-18-14-21(35-10-8-34(9-11-35)12-13-38-2)16-23-26(18)33-27(32-23)25-22(6-7-30-28(25)37)31-17-24(36)19-4-3-5-20(29)15-19;;/h3-7,14-16,24,36H,8-13,17H2,1-2H3,(H,32,33)(H2,30,31,37);2*1H/t24-;;/m1../s1. The monoisotopic (exact) mass is 652 g/mol. The van der Waals surface area contributed by atoms with E-state index >= 15 is 0 Å². The van der Waals surface area contributed by atoms with Gasteiger partial charge in [0.2, 0.25) is 0 Å². The van der Waals surface area contributed by atoms with Gasteiger partial charge >= 0.3 is 0 Å². The van der Waals surface area contributed by atoms with E-state index in [1.54, 1.807) is 19.4 Å². The maximum atomic E-state index is 12.9. The summed E-state index contributed by atoms with van der Waals surface area (Å²) in [6.07, 6.45) is 0.855. The van der Waals surface area contributed by atoms with Crippen LogP contribution in [0.25, 0.3) is 22.4 Å². The highest BCUT2D eigenvalue weighted by Gasteiger charge is 2.20. The summed E-state index contributed by atoms with van der Waals surface area (Å²) in [6, 6.07) is 13.6. The fourth-order valence-corrected chi connectivity index (χ4v) is 5.34. The number of aryl methyl sites for hydroxylation is 1. The minimum Gasteiger partial charge on any atom is -0.387 e. The van der Waals surface area contributed by atoms with Crippen LogP contribution in [0, 0.1) is 6.92 Å². The Morgan fingerprint density at radius 3 is 2.65 bits per heavy atom. The van der Waals surface area contributed by atoms with Crippen LogP contribution in [-0.2, 0) is 4.74 Å². The number of methoxy groups -OCH3 is 1. The number of aromatic nitrogens is 3. The smallest absolute Gasteiger partial charge is 0.261 e. The van der Waals surface area contributed by atoms with Gasteiger partial charge in [0.15, 0.2) is 0 Å². The minimum atomic E-state index is -0.741. The Balaban J connectivity index is 0.00000220. The highest BCUT2D eigenvalue weighted by molar-refractivity contribution is 9.10. The van der Waals surface area contributed by atoms with Crippen LogP contribution in [0.15, 0.2) is 57.9 Å². The fraction of sp³-hybridized carbons (Fsp3) is 0.357. The Bertz CT molecular complexity index is 1470. The van der Waals surface area contributed by atoms with Crippen molar-refractivity contribution in [2.45, 2.75) is 13.0 Å². The summed E-state index contributed by atoms with van der Waals surface area (Å²) in [6.45, 7) is 7.88. The number of nitrogens with zero attached hydrogens (tertiary/aromatic N) is 3. The number of fused-ring (bicyclic) bond motifs is 1. The lowest BCUT2D eigenvalue weighted by Gasteiger charge is -2.36. The zero-order valence-electron chi connectivity index (χ0n) is 22.4. The van der Waals surface area contributed by atoms with Crippen LogP contribution in [0.2, 0.25) is 0 Å². The van der Waals surface area contributed by atoms with E-state index in [-0.39, 0.29) is 36.9 Å². The largest absolute Gasteiger partial charge is 0.387 e. The van der Waals surface area contributed by atoms with Crippen molar-refractivity contribution >= 4 is 63.2 Å². The number of piperazine rings is 1. The number of halogens is 3. The van der Waals surface area contributed by atoms with Crippen molar-refractivity contribution in [1.29, 1.82) is 0 Å². The van der Waals surface area contributed by atoms with Crippen LogP contribution >= 0.6 is 40.7 Å². The maximum absolute atomic E-state index is 12.9. The van der Waals surface area contributed by atoms with Crippen molar-refractivity contribution in [2.75, 3.05) is 63.2 Å². The predicted octanol–water partition coefficient (Wildman–Crippen LogP) is 4.75. The van der Waals surface area contributed by atoms with Gasteiger partial charge < -0.3 is 30.0 Å². The number of hydrogen-bond donors (Lipinski definition) is 4. The Labute approximate surface area is 254 Å². The van der Waals surface area contributed by atoms with Crippen molar-refractivity contribution in [2.24, 2.45) is 0 Å². The molecule has 1 aliphatic rings. The molecule has 9 nitrogen and oxygen atoms in total. The quantitative estimate of drug-likeness (QED) is 0.207. The minimum absolute atomic E-state index is 0. The average molecular weight is 654 g/mol. The summed E-state index contributed by atoms with van der Waals surface area (Å²) in [7, 11) is 1.74. The van der Waals surface area contributed by atoms with Crippen LogP contribution in [0.3, 0.4) is 0 Å². The van der Waals surface area contributed by atoms with Gasteiger partial charge in [-0.25, -0.2) is 4.98 Å². The predicted molar refractivity (Wildman–Crippen MR) is 170 cm³/mol. The molecule has 2 aromatic carbocycles. The maximum Gasteiger partial charge on any atom is 0.261 e. The molecule has 5 rings (SSSR count). The Hall–Kier alpha value is -2.60. The molecule has 12 heteroatoms. The first-order valence-corrected chi connectivity index (χ1v) is 13.6. The van der Waals surface area contributed by atoms with E-state index < -0.39 is 6.10 Å². The Kier molecular flexibility index (Phi) is 11.4. The Morgan fingerprint density at radius 1 is 1.15 bits per heavy atom. The second kappa shape index (κ2) is 14.3. The summed E-state index contributed by atoms with van der Waals surface area (Å²) in [4.78, 5) is 28.7. The summed E-state index contributed by atoms with van der Waals surface area (Å²) in [5, 5.41) is 13.9. The number of aliphatic hydroxyl groups excluding tert-OH is 1. The molecule has 4 aromatic rings. The molecular weight excluding hydrogens is 619 g/mol. The molecule has 2 aromatic heterocycles. The number of pyridine rings is 1. The molecule has 0 saturated carbocycles. The van der Waals surface area contributed by atoms with Crippen LogP contribution < -0.4 is 15.8 Å². The number of rotatable bonds is 9. The molecule has 0 bridgehead atoms. The third-order valence-corrected chi connectivity index (χ3v) is 7.52. The van der Waals surface area contributed by atoms with Gasteiger partial charge in [-0.3, -0.25) is 9.69 Å². The van der Waals surface area contributed by atoms with E-state index in [9.17, 15) is 9.90 Å². The first-order chi connectivity index (χ1) is 18.4. The van der Waals surface area contributed by atoms with Crippen LogP contribution in [0.4, 0.5) is 11.4 Å². The first kappa shape index (κ1) is 31.9. The molecule has 1 fully saturated rings. The van der Waals surface area contributed by atoms with Gasteiger partial charge in [-0.1, -0.05) is 28.1 Å². The van der Waals surface area contributed by atoms with Crippen LogP contribution in [0.5, 0.6) is 0 Å². The molecule has 0 unspecified atom stereocenters. The zero-order valence-corrected chi connectivity index (χ0v) is 25.7. The number of anilines is 2. The number of nitrogens with one attached hydrogen (secondary N) is 3. The van der Waals surface area contributed by atoms with Gasteiger partial charge in [0.1, 0.15) is 11.4 Å². The van der Waals surface area contributed by atoms with Crippen molar-refractivity contribution in [3.8, 4) is 11.4 Å². The number of hydrogen-bond acceptors (Lipinski definition) is 7. The lowest BCUT2D eigenvalue weighted by molar-refractivity contribution is 0.144. The molecule has 1 aliphatic heterocycles. The molecule has 0 radical (unpaired) electrons. The Morgan fingerprint density at radius 2 is 1.93 bits per heavy atom. The van der Waals surface area contributed by atoms with Crippen molar-refractivity contribution in [3.05, 3.63) is 74.6 Å². The van der Waals surface area contributed by atoms with E-state index in [2.05, 4.69) is 53.1 Å². The van der Waals surface area contributed by atoms with Crippen molar-refractivity contribution in [1.82, 2.24) is 19.9 Å². The van der Waals surface area contributed by atoms with Gasteiger partial charge in [0.05, 0.1) is 29.4 Å². The molecule has 4 N–H and O–H groups in total. The van der Waals surface area contributed by atoms with E-state index in [0.717, 1.165) is 71.7 Å². The van der Waals surface area contributed by atoms with E-state index in [1.165, 1.54) is 0 Å². The SMILES string of the molecule is COCCN1CCN(c2cc(C)c3nc(-c4c(NC[C@@H](O)c5cccc(Br)c5)cc[nH]c4=O)[nH]c3c2)CC1.Cl.Cl. The number of aromatic amines is 2. The van der Waals surface area contributed by atoms with Crippen molar-refractivity contribution in [3.63, 3.8) is 0 Å². The summed E-state index contributed by atoms with van der Waals surface area (Å²) < 4.78 is 6.12. The molecule has 0 spiro atoms. The molecule has 1 atom stereocenters. The molecule has 40 heavy (non-hydrogen) atoms. The van der Waals surface area contributed by atoms with E-state index in [1.807, 2.05) is 31.2 Å². The molecule has 3 heterocycles. The summed E-state index contributed by atoms with van der Waals surface area (Å²) in [5.74, 6) is 0.492. The topological polar surface area (TPSA) is 110 Å². The lowest BCUT2D eigenvalue weighted by atomic mass is 10.1. The van der Waals surface area contributed by atoms with Crippen LogP contribution in [0.1, 0.15) is 17.2 Å².